The van der Waals surface area contributed by atoms with Gasteiger partial charge >= 0.3 is 12.1 Å². The Morgan fingerprint density at radius 3 is 2.30 bits per heavy atom. The van der Waals surface area contributed by atoms with Crippen molar-refractivity contribution in [2.24, 2.45) is 0 Å². The van der Waals surface area contributed by atoms with Crippen molar-refractivity contribution in [1.82, 2.24) is 9.55 Å². The molecule has 0 aliphatic carbocycles. The summed E-state index contributed by atoms with van der Waals surface area (Å²) in [6.07, 6.45) is -0.896. The second-order valence-corrected chi connectivity index (χ2v) is 5.44. The summed E-state index contributed by atoms with van der Waals surface area (Å²) in [5, 5.41) is 31.1. The van der Waals surface area contributed by atoms with Crippen LogP contribution in [0.3, 0.4) is 0 Å². The topological polar surface area (TPSA) is 134 Å². The largest absolute Gasteiger partial charge is 0.494 e. The zero-order chi connectivity index (χ0) is 19.4. The first-order valence-corrected chi connectivity index (χ1v) is 7.78. The highest BCUT2D eigenvalue weighted by Crippen LogP contribution is 2.27. The van der Waals surface area contributed by atoms with E-state index in [1.807, 2.05) is 6.07 Å². The number of carboxylic acid groups (broad SMARTS) is 1. The number of anilines is 1. The molecule has 2 heterocycles. The third-order valence-electron chi connectivity index (χ3n) is 3.61. The maximum atomic E-state index is 12.0. The number of carbonyl (C=O) groups excluding carboxylic acids is 1. The van der Waals surface area contributed by atoms with E-state index in [2.05, 4.69) is 10.3 Å². The van der Waals surface area contributed by atoms with Gasteiger partial charge < -0.3 is 20.1 Å². The standard InChI is InChI=1S/C18H15N3O6/c22-14-8-9-15(23)21(14)13-7-6-12(17(24)25)16(19-13)20-18(26)27-10-11-4-2-1-3-5-11/h1-9,22-23H,10H2,(H,24,25)(H,19,20,26). The number of hydrogen-bond donors (Lipinski definition) is 4. The van der Waals surface area contributed by atoms with Crippen molar-refractivity contribution in [3.8, 4) is 17.6 Å². The third kappa shape index (κ3) is 3.98. The fourth-order valence-electron chi connectivity index (χ4n) is 2.35. The summed E-state index contributed by atoms with van der Waals surface area (Å²) in [6, 6.07) is 13.9. The van der Waals surface area contributed by atoms with Crippen molar-refractivity contribution in [2.75, 3.05) is 5.32 Å². The number of pyridine rings is 1. The molecule has 0 saturated heterocycles. The smallest absolute Gasteiger partial charge is 0.413 e. The number of amides is 1. The summed E-state index contributed by atoms with van der Waals surface area (Å²) < 4.78 is 6.03. The molecule has 0 radical (unpaired) electrons. The molecule has 138 valence electrons. The molecule has 9 nitrogen and oxygen atoms in total. The van der Waals surface area contributed by atoms with Crippen LogP contribution in [0.25, 0.3) is 5.82 Å². The van der Waals surface area contributed by atoms with Gasteiger partial charge in [0.2, 0.25) is 0 Å². The number of aromatic nitrogens is 2. The second kappa shape index (κ2) is 7.48. The van der Waals surface area contributed by atoms with Gasteiger partial charge in [-0.2, -0.15) is 0 Å². The highest BCUT2D eigenvalue weighted by molar-refractivity contribution is 5.97. The highest BCUT2D eigenvalue weighted by atomic mass is 16.5. The van der Waals surface area contributed by atoms with Crippen molar-refractivity contribution in [1.29, 1.82) is 0 Å². The number of nitrogens with one attached hydrogen (secondary N) is 1. The van der Waals surface area contributed by atoms with Crippen molar-refractivity contribution in [3.05, 3.63) is 65.7 Å². The Morgan fingerprint density at radius 1 is 1.00 bits per heavy atom. The van der Waals surface area contributed by atoms with Gasteiger partial charge in [0.25, 0.3) is 0 Å². The quantitative estimate of drug-likeness (QED) is 0.543. The molecule has 2 aromatic heterocycles. The molecule has 1 aromatic carbocycles. The molecule has 0 saturated carbocycles. The Balaban J connectivity index is 1.83. The van der Waals surface area contributed by atoms with Gasteiger partial charge in [-0.25, -0.2) is 19.1 Å². The van der Waals surface area contributed by atoms with Crippen LogP contribution in [0.4, 0.5) is 10.6 Å². The average Bonchev–Trinajstić information content (AvgIpc) is 2.99. The summed E-state index contributed by atoms with van der Waals surface area (Å²) in [5.41, 5.74) is 0.483. The Morgan fingerprint density at radius 2 is 1.67 bits per heavy atom. The van der Waals surface area contributed by atoms with Crippen molar-refractivity contribution >= 4 is 17.9 Å². The lowest BCUT2D eigenvalue weighted by Crippen LogP contribution is -2.18. The number of carbonyl (C=O) groups is 2. The van der Waals surface area contributed by atoms with Gasteiger partial charge in [-0.15, -0.1) is 0 Å². The van der Waals surface area contributed by atoms with Gasteiger partial charge in [0, 0.05) is 12.1 Å². The second-order valence-electron chi connectivity index (χ2n) is 5.44. The van der Waals surface area contributed by atoms with E-state index < -0.39 is 12.1 Å². The van der Waals surface area contributed by atoms with Gasteiger partial charge in [-0.3, -0.25) is 5.32 Å². The summed E-state index contributed by atoms with van der Waals surface area (Å²) in [5.74, 6) is -2.20. The molecular weight excluding hydrogens is 354 g/mol. The van der Waals surface area contributed by atoms with E-state index in [9.17, 15) is 24.9 Å². The molecular formula is C18H15N3O6. The predicted molar refractivity (Wildman–Crippen MR) is 94.1 cm³/mol. The van der Waals surface area contributed by atoms with E-state index in [1.165, 1.54) is 24.3 Å². The minimum absolute atomic E-state index is 0.00601. The first-order chi connectivity index (χ1) is 13.0. The van der Waals surface area contributed by atoms with Crippen LogP contribution in [-0.2, 0) is 11.3 Å². The molecule has 0 unspecified atom stereocenters. The van der Waals surface area contributed by atoms with Gasteiger partial charge in [0.1, 0.15) is 18.0 Å². The van der Waals surface area contributed by atoms with Crippen LogP contribution < -0.4 is 5.32 Å². The van der Waals surface area contributed by atoms with E-state index in [-0.39, 0.29) is 35.6 Å². The number of rotatable bonds is 5. The zero-order valence-corrected chi connectivity index (χ0v) is 13.9. The highest BCUT2D eigenvalue weighted by Gasteiger charge is 2.18. The van der Waals surface area contributed by atoms with Crippen molar-refractivity contribution in [2.45, 2.75) is 6.61 Å². The van der Waals surface area contributed by atoms with Gasteiger partial charge in [0.15, 0.2) is 17.6 Å². The first kappa shape index (κ1) is 17.8. The maximum absolute atomic E-state index is 12.0. The normalized spacial score (nSPS) is 10.4. The Bertz CT molecular complexity index is 965. The van der Waals surface area contributed by atoms with Crippen LogP contribution in [0.15, 0.2) is 54.6 Å². The fraction of sp³-hybridized carbons (Fsp3) is 0.0556. The summed E-state index contributed by atoms with van der Waals surface area (Å²) in [6.45, 7) is -0.00601. The maximum Gasteiger partial charge on any atom is 0.413 e. The molecule has 9 heteroatoms. The minimum Gasteiger partial charge on any atom is -0.494 e. The number of hydrogen-bond acceptors (Lipinski definition) is 6. The van der Waals surface area contributed by atoms with Gasteiger partial charge in [0.05, 0.1) is 0 Å². The number of nitrogens with zero attached hydrogens (tertiary/aromatic N) is 2. The molecule has 0 spiro atoms. The number of aromatic carboxylic acids is 1. The molecule has 3 aromatic rings. The van der Waals surface area contributed by atoms with Crippen LogP contribution in [0.1, 0.15) is 15.9 Å². The molecule has 0 aliphatic rings. The monoisotopic (exact) mass is 369 g/mol. The molecule has 27 heavy (non-hydrogen) atoms. The molecule has 0 atom stereocenters. The lowest BCUT2D eigenvalue weighted by Gasteiger charge is -2.12. The third-order valence-corrected chi connectivity index (χ3v) is 3.61. The fourth-order valence-corrected chi connectivity index (χ4v) is 2.35. The molecule has 1 amide bonds. The van der Waals surface area contributed by atoms with Crippen LogP contribution in [0.5, 0.6) is 11.8 Å². The molecule has 0 bridgehead atoms. The van der Waals surface area contributed by atoms with Crippen LogP contribution >= 0.6 is 0 Å². The lowest BCUT2D eigenvalue weighted by molar-refractivity contribution is 0.0697. The van der Waals surface area contributed by atoms with Crippen LogP contribution in [0.2, 0.25) is 0 Å². The summed E-state index contributed by atoms with van der Waals surface area (Å²) in [7, 11) is 0. The number of ether oxygens (including phenoxy) is 1. The predicted octanol–water partition coefficient (Wildman–Crippen LogP) is 2.73. The minimum atomic E-state index is -1.31. The summed E-state index contributed by atoms with van der Waals surface area (Å²) in [4.78, 5) is 27.4. The molecule has 0 aliphatic heterocycles. The summed E-state index contributed by atoms with van der Waals surface area (Å²) >= 11 is 0. The molecule has 0 fully saturated rings. The first-order valence-electron chi connectivity index (χ1n) is 7.78. The van der Waals surface area contributed by atoms with Crippen LogP contribution in [0, 0.1) is 0 Å². The molecule has 4 N–H and O–H groups in total. The Labute approximate surface area is 153 Å². The average molecular weight is 369 g/mol. The van der Waals surface area contributed by atoms with E-state index >= 15 is 0 Å². The van der Waals surface area contributed by atoms with E-state index in [0.29, 0.717) is 0 Å². The van der Waals surface area contributed by atoms with Crippen molar-refractivity contribution < 1.29 is 29.6 Å². The van der Waals surface area contributed by atoms with E-state index in [0.717, 1.165) is 10.1 Å². The number of benzene rings is 1. The van der Waals surface area contributed by atoms with E-state index in [4.69, 9.17) is 4.74 Å². The molecule has 3 rings (SSSR count). The Hall–Kier alpha value is -4.01. The van der Waals surface area contributed by atoms with Gasteiger partial charge in [-0.1, -0.05) is 30.3 Å². The Kier molecular flexibility index (Phi) is 4.93. The van der Waals surface area contributed by atoms with Crippen molar-refractivity contribution in [3.63, 3.8) is 0 Å². The SMILES string of the molecule is O=C(Nc1nc(-n2c(O)ccc2O)ccc1C(=O)O)OCc1ccccc1. The lowest BCUT2D eigenvalue weighted by atomic mass is 10.2. The number of aromatic hydroxyl groups is 2. The number of carboxylic acids is 1. The van der Waals surface area contributed by atoms with E-state index in [1.54, 1.807) is 24.3 Å². The zero-order valence-electron chi connectivity index (χ0n) is 13.9. The van der Waals surface area contributed by atoms with Gasteiger partial charge in [-0.05, 0) is 17.7 Å². The van der Waals surface area contributed by atoms with Crippen LogP contribution in [-0.4, -0.2) is 36.9 Å².